The molecule has 2 aromatic heterocycles. The summed E-state index contributed by atoms with van der Waals surface area (Å²) >= 11 is 35.6. The highest BCUT2D eigenvalue weighted by atomic mass is 35.5. The molecule has 0 spiro atoms. The minimum Gasteiger partial charge on any atom is -0.482 e. The highest BCUT2D eigenvalue weighted by molar-refractivity contribution is 7.80. The van der Waals surface area contributed by atoms with Gasteiger partial charge in [-0.1, -0.05) is 58.0 Å². The molecule has 3 aromatic rings. The van der Waals surface area contributed by atoms with Crippen LogP contribution >= 0.6 is 70.2 Å². The SMILES string of the molecule is O=C1/C(=C\c2ccc(COc3c(Cl)c(Cl)c(Cl)c(Cl)c3Cl)o2)NC(=S)N1Cc1ccco1. The lowest BCUT2D eigenvalue weighted by atomic mass is 10.3. The lowest BCUT2D eigenvalue weighted by Crippen LogP contribution is -2.29. The lowest BCUT2D eigenvalue weighted by molar-refractivity contribution is -0.122. The number of rotatable bonds is 6. The van der Waals surface area contributed by atoms with Gasteiger partial charge in [0.2, 0.25) is 0 Å². The van der Waals surface area contributed by atoms with E-state index in [0.29, 0.717) is 17.3 Å². The predicted octanol–water partition coefficient (Wildman–Crippen LogP) is 6.98. The molecule has 0 bridgehead atoms. The van der Waals surface area contributed by atoms with Crippen LogP contribution < -0.4 is 10.1 Å². The molecule has 6 nitrogen and oxygen atoms in total. The number of halogens is 5. The molecule has 166 valence electrons. The Morgan fingerprint density at radius 2 is 1.69 bits per heavy atom. The Hall–Kier alpha value is -1.87. The van der Waals surface area contributed by atoms with Crippen LogP contribution in [0.1, 0.15) is 17.3 Å². The van der Waals surface area contributed by atoms with Crippen LogP contribution in [0.25, 0.3) is 6.08 Å². The molecule has 1 fully saturated rings. The van der Waals surface area contributed by atoms with Crippen LogP contribution in [0.3, 0.4) is 0 Å². The van der Waals surface area contributed by atoms with Crippen molar-refractivity contribution in [1.29, 1.82) is 0 Å². The predicted molar refractivity (Wildman–Crippen MR) is 128 cm³/mol. The maximum atomic E-state index is 12.7. The first-order valence-electron chi connectivity index (χ1n) is 8.86. The van der Waals surface area contributed by atoms with Gasteiger partial charge in [0, 0.05) is 6.08 Å². The van der Waals surface area contributed by atoms with E-state index in [0.717, 1.165) is 0 Å². The van der Waals surface area contributed by atoms with E-state index < -0.39 is 0 Å². The van der Waals surface area contributed by atoms with Gasteiger partial charge in [0.05, 0.1) is 27.9 Å². The van der Waals surface area contributed by atoms with Crippen molar-refractivity contribution in [2.24, 2.45) is 0 Å². The molecule has 1 aliphatic heterocycles. The number of carbonyl (C=O) groups is 1. The molecule has 32 heavy (non-hydrogen) atoms. The van der Waals surface area contributed by atoms with Crippen molar-refractivity contribution >= 4 is 87.3 Å². The lowest BCUT2D eigenvalue weighted by Gasteiger charge is -2.12. The van der Waals surface area contributed by atoms with Crippen LogP contribution in [-0.2, 0) is 17.9 Å². The number of ether oxygens (including phenoxy) is 1. The van der Waals surface area contributed by atoms with E-state index >= 15 is 0 Å². The van der Waals surface area contributed by atoms with Gasteiger partial charge in [-0.15, -0.1) is 0 Å². The standard InChI is InChI=1S/C20H11Cl5N2O4S/c21-13-14(22)16(24)18(17(25)15(13)23)30-8-11-4-3-9(31-11)6-12-19(28)27(20(32)26-12)7-10-2-1-5-29-10/h1-6H,7-8H2,(H,26,32)/b12-6+. The fraction of sp³-hybridized carbons (Fsp3) is 0.100. The minimum absolute atomic E-state index is 0.0265. The molecule has 0 aliphatic carbocycles. The normalized spacial score (nSPS) is 15.0. The Morgan fingerprint density at radius 1 is 1.00 bits per heavy atom. The van der Waals surface area contributed by atoms with E-state index in [4.69, 9.17) is 83.8 Å². The number of nitrogens with one attached hydrogen (secondary N) is 1. The number of nitrogens with zero attached hydrogens (tertiary/aromatic N) is 1. The number of furan rings is 2. The summed E-state index contributed by atoms with van der Waals surface area (Å²) in [6.07, 6.45) is 3.07. The number of benzene rings is 1. The van der Waals surface area contributed by atoms with E-state index in [1.54, 1.807) is 24.3 Å². The van der Waals surface area contributed by atoms with Crippen molar-refractivity contribution in [3.8, 4) is 5.75 Å². The molecule has 0 saturated carbocycles. The van der Waals surface area contributed by atoms with Gasteiger partial charge in [0.15, 0.2) is 10.9 Å². The van der Waals surface area contributed by atoms with Gasteiger partial charge in [-0.05, 0) is 36.5 Å². The van der Waals surface area contributed by atoms with Crippen molar-refractivity contribution in [3.63, 3.8) is 0 Å². The number of hydrogen-bond donors (Lipinski definition) is 1. The highest BCUT2D eigenvalue weighted by Crippen LogP contribution is 2.48. The fourth-order valence-electron chi connectivity index (χ4n) is 2.82. The maximum absolute atomic E-state index is 12.7. The Morgan fingerprint density at radius 3 is 2.34 bits per heavy atom. The van der Waals surface area contributed by atoms with Gasteiger partial charge in [0.25, 0.3) is 5.91 Å². The summed E-state index contributed by atoms with van der Waals surface area (Å²) in [6.45, 7) is 0.196. The molecule has 1 amide bonds. The molecular formula is C20H11Cl5N2O4S. The van der Waals surface area contributed by atoms with Gasteiger partial charge < -0.3 is 18.9 Å². The molecule has 0 atom stereocenters. The van der Waals surface area contributed by atoms with E-state index in [9.17, 15) is 4.79 Å². The number of carbonyl (C=O) groups excluding carboxylic acids is 1. The minimum atomic E-state index is -0.301. The first kappa shape index (κ1) is 23.3. The van der Waals surface area contributed by atoms with E-state index in [1.165, 1.54) is 17.2 Å². The summed E-state index contributed by atoms with van der Waals surface area (Å²) in [4.78, 5) is 14.1. The van der Waals surface area contributed by atoms with Crippen molar-refractivity contribution < 1.29 is 18.4 Å². The van der Waals surface area contributed by atoms with Gasteiger partial charge >= 0.3 is 0 Å². The fourth-order valence-corrected chi connectivity index (χ4v) is 4.31. The second-order valence-corrected chi connectivity index (χ2v) is 8.73. The summed E-state index contributed by atoms with van der Waals surface area (Å²) in [5.74, 6) is 1.24. The summed E-state index contributed by atoms with van der Waals surface area (Å²) < 4.78 is 16.6. The zero-order valence-corrected chi connectivity index (χ0v) is 20.4. The Bertz CT molecular complexity index is 1210. The molecule has 1 N–H and O–H groups in total. The number of hydrogen-bond acceptors (Lipinski definition) is 5. The van der Waals surface area contributed by atoms with Crippen LogP contribution in [-0.4, -0.2) is 15.9 Å². The highest BCUT2D eigenvalue weighted by Gasteiger charge is 2.31. The van der Waals surface area contributed by atoms with Crippen LogP contribution in [0.15, 0.2) is 45.1 Å². The van der Waals surface area contributed by atoms with E-state index in [2.05, 4.69) is 5.32 Å². The molecule has 1 aromatic carbocycles. The molecule has 12 heteroatoms. The summed E-state index contributed by atoms with van der Waals surface area (Å²) in [6, 6.07) is 6.84. The van der Waals surface area contributed by atoms with Crippen molar-refractivity contribution in [2.75, 3.05) is 0 Å². The van der Waals surface area contributed by atoms with Crippen molar-refractivity contribution in [1.82, 2.24) is 10.2 Å². The summed E-state index contributed by atoms with van der Waals surface area (Å²) in [5, 5.41) is 3.31. The third kappa shape index (κ3) is 4.59. The Kier molecular flexibility index (Phi) is 6.95. The molecule has 3 heterocycles. The first-order chi connectivity index (χ1) is 15.3. The molecule has 1 saturated heterocycles. The zero-order valence-electron chi connectivity index (χ0n) is 15.8. The monoisotopic (exact) mass is 550 g/mol. The smallest absolute Gasteiger partial charge is 0.277 e. The van der Waals surface area contributed by atoms with Crippen molar-refractivity contribution in [2.45, 2.75) is 13.2 Å². The maximum Gasteiger partial charge on any atom is 0.277 e. The molecule has 1 aliphatic rings. The Balaban J connectivity index is 1.46. The topological polar surface area (TPSA) is 67.8 Å². The van der Waals surface area contributed by atoms with E-state index in [-0.39, 0.29) is 60.7 Å². The molecule has 4 rings (SSSR count). The molecular weight excluding hydrogens is 542 g/mol. The summed E-state index contributed by atoms with van der Waals surface area (Å²) in [5.41, 5.74) is 0.269. The van der Waals surface area contributed by atoms with Crippen LogP contribution in [0.4, 0.5) is 0 Å². The van der Waals surface area contributed by atoms with Gasteiger partial charge in [0.1, 0.15) is 39.6 Å². The zero-order chi connectivity index (χ0) is 23.0. The van der Waals surface area contributed by atoms with Crippen molar-refractivity contribution in [3.05, 3.63) is 78.6 Å². The third-order valence-electron chi connectivity index (χ3n) is 4.35. The van der Waals surface area contributed by atoms with E-state index in [1.807, 2.05) is 0 Å². The van der Waals surface area contributed by atoms with Crippen LogP contribution in [0.2, 0.25) is 25.1 Å². The second-order valence-electron chi connectivity index (χ2n) is 6.45. The van der Waals surface area contributed by atoms with Crippen LogP contribution in [0, 0.1) is 0 Å². The molecule has 0 unspecified atom stereocenters. The largest absolute Gasteiger partial charge is 0.482 e. The third-order valence-corrected chi connectivity index (χ3v) is 6.92. The van der Waals surface area contributed by atoms with Gasteiger partial charge in [-0.25, -0.2) is 0 Å². The molecule has 0 radical (unpaired) electrons. The second kappa shape index (κ2) is 9.55. The van der Waals surface area contributed by atoms with Gasteiger partial charge in [-0.2, -0.15) is 0 Å². The first-order valence-corrected chi connectivity index (χ1v) is 11.2. The quantitative estimate of drug-likeness (QED) is 0.154. The average Bonchev–Trinajstić information content (AvgIpc) is 3.50. The Labute approximate surface area is 212 Å². The average molecular weight is 553 g/mol. The van der Waals surface area contributed by atoms with Crippen LogP contribution in [0.5, 0.6) is 5.75 Å². The number of thiocarbonyl (C=S) groups is 1. The number of amides is 1. The van der Waals surface area contributed by atoms with Gasteiger partial charge in [-0.3, -0.25) is 9.69 Å². The summed E-state index contributed by atoms with van der Waals surface area (Å²) in [7, 11) is 0.